The van der Waals surface area contributed by atoms with Crippen LogP contribution in [0.3, 0.4) is 0 Å². The van der Waals surface area contributed by atoms with Crippen molar-refractivity contribution in [2.75, 3.05) is 19.0 Å². The van der Waals surface area contributed by atoms with Gasteiger partial charge in [0.05, 0.1) is 21.7 Å². The van der Waals surface area contributed by atoms with Crippen LogP contribution in [0.2, 0.25) is 10.0 Å². The zero-order valence-electron chi connectivity index (χ0n) is 11.8. The lowest BCUT2D eigenvalue weighted by Crippen LogP contribution is -2.07. The summed E-state index contributed by atoms with van der Waals surface area (Å²) in [5, 5.41) is 10.3. The molecule has 2 nitrogen and oxygen atoms in total. The second kappa shape index (κ2) is 6.67. The highest BCUT2D eigenvalue weighted by molar-refractivity contribution is 6.42. The van der Waals surface area contributed by atoms with Crippen molar-refractivity contribution in [3.8, 4) is 6.07 Å². The maximum atomic E-state index is 9.34. The molecule has 21 heavy (non-hydrogen) atoms. The molecule has 0 saturated carbocycles. The molecule has 0 aliphatic heterocycles. The normalized spacial score (nSPS) is 11.1. The van der Waals surface area contributed by atoms with E-state index in [1.807, 2.05) is 49.3 Å². The predicted octanol–water partition coefficient (Wildman–Crippen LogP) is 5.12. The Morgan fingerprint density at radius 2 is 1.71 bits per heavy atom. The first-order chi connectivity index (χ1) is 10.0. The number of nitriles is 1. The minimum absolute atomic E-state index is 0.443. The Labute approximate surface area is 134 Å². The summed E-state index contributed by atoms with van der Waals surface area (Å²) in [7, 11) is 3.97. The van der Waals surface area contributed by atoms with Crippen LogP contribution in [0.1, 0.15) is 11.1 Å². The van der Waals surface area contributed by atoms with E-state index in [9.17, 15) is 5.26 Å². The van der Waals surface area contributed by atoms with Gasteiger partial charge in [-0.3, -0.25) is 0 Å². The molecule has 2 rings (SSSR count). The molecular weight excluding hydrogens is 303 g/mol. The van der Waals surface area contributed by atoms with Crippen molar-refractivity contribution in [2.45, 2.75) is 0 Å². The maximum Gasteiger partial charge on any atom is 0.0998 e. The zero-order chi connectivity index (χ0) is 15.4. The van der Waals surface area contributed by atoms with Gasteiger partial charge in [0.25, 0.3) is 0 Å². The molecule has 0 radical (unpaired) electrons. The molecule has 0 spiro atoms. The van der Waals surface area contributed by atoms with Gasteiger partial charge in [0.1, 0.15) is 0 Å². The summed E-state index contributed by atoms with van der Waals surface area (Å²) in [5.41, 5.74) is 3.37. The standard InChI is InChI=1S/C17H14Cl2N2/c1-21(2)15-6-3-12(4-7-15)9-14(11-20)13-5-8-16(18)17(19)10-13/h3-10H,1-2H3/b14-9-. The largest absolute Gasteiger partial charge is 0.378 e. The number of halogens is 2. The Balaban J connectivity index is 2.36. The van der Waals surface area contributed by atoms with E-state index in [2.05, 4.69) is 6.07 Å². The molecule has 0 aliphatic carbocycles. The molecule has 0 heterocycles. The van der Waals surface area contributed by atoms with Crippen LogP contribution in [0.4, 0.5) is 5.69 Å². The Kier molecular flexibility index (Phi) is 4.90. The summed E-state index contributed by atoms with van der Waals surface area (Å²) < 4.78 is 0. The number of anilines is 1. The number of allylic oxidation sites excluding steroid dienone is 1. The van der Waals surface area contributed by atoms with Gasteiger partial charge < -0.3 is 4.90 Å². The van der Waals surface area contributed by atoms with Crippen molar-refractivity contribution in [1.29, 1.82) is 5.26 Å². The SMILES string of the molecule is CN(C)c1ccc(/C=C(/C#N)c2ccc(Cl)c(Cl)c2)cc1. The zero-order valence-corrected chi connectivity index (χ0v) is 13.3. The number of benzene rings is 2. The van der Waals surface area contributed by atoms with Gasteiger partial charge >= 0.3 is 0 Å². The fourth-order valence-electron chi connectivity index (χ4n) is 1.88. The molecule has 0 aromatic heterocycles. The molecule has 0 saturated heterocycles. The topological polar surface area (TPSA) is 27.0 Å². The van der Waals surface area contributed by atoms with Crippen LogP contribution in [0.15, 0.2) is 42.5 Å². The van der Waals surface area contributed by atoms with Gasteiger partial charge in [-0.15, -0.1) is 0 Å². The van der Waals surface area contributed by atoms with Crippen molar-refractivity contribution in [3.05, 3.63) is 63.6 Å². The van der Waals surface area contributed by atoms with Crippen LogP contribution in [0, 0.1) is 11.3 Å². The van der Waals surface area contributed by atoms with Crippen LogP contribution in [0.25, 0.3) is 11.6 Å². The quantitative estimate of drug-likeness (QED) is 0.580. The van der Waals surface area contributed by atoms with Crippen molar-refractivity contribution < 1.29 is 0 Å². The molecule has 0 bridgehead atoms. The Hall–Kier alpha value is -1.95. The summed E-state index contributed by atoms with van der Waals surface area (Å²) in [6.07, 6.45) is 1.83. The molecule has 2 aromatic rings. The minimum Gasteiger partial charge on any atom is -0.378 e. The van der Waals surface area contributed by atoms with Gasteiger partial charge in [0.15, 0.2) is 0 Å². The highest BCUT2D eigenvalue weighted by atomic mass is 35.5. The molecule has 4 heteroatoms. The monoisotopic (exact) mass is 316 g/mol. The Morgan fingerprint density at radius 1 is 1.05 bits per heavy atom. The van der Waals surface area contributed by atoms with Gasteiger partial charge in [0, 0.05) is 19.8 Å². The predicted molar refractivity (Wildman–Crippen MR) is 90.7 cm³/mol. The molecule has 0 N–H and O–H groups in total. The molecule has 0 atom stereocenters. The van der Waals surface area contributed by atoms with Crippen LogP contribution in [0.5, 0.6) is 0 Å². The average Bonchev–Trinajstić information content (AvgIpc) is 2.48. The minimum atomic E-state index is 0.443. The van der Waals surface area contributed by atoms with E-state index in [0.29, 0.717) is 15.6 Å². The first-order valence-corrected chi connectivity index (χ1v) is 7.11. The lowest BCUT2D eigenvalue weighted by Gasteiger charge is -2.12. The van der Waals surface area contributed by atoms with E-state index in [4.69, 9.17) is 23.2 Å². The first-order valence-electron chi connectivity index (χ1n) is 6.36. The van der Waals surface area contributed by atoms with Gasteiger partial charge in [-0.05, 0) is 41.5 Å². The molecule has 2 aromatic carbocycles. The van der Waals surface area contributed by atoms with E-state index < -0.39 is 0 Å². The third-order valence-electron chi connectivity index (χ3n) is 3.07. The van der Waals surface area contributed by atoms with E-state index in [-0.39, 0.29) is 0 Å². The van der Waals surface area contributed by atoms with Gasteiger partial charge in [-0.2, -0.15) is 5.26 Å². The molecule has 106 valence electrons. The fourth-order valence-corrected chi connectivity index (χ4v) is 2.18. The van der Waals surface area contributed by atoms with Crippen LogP contribution < -0.4 is 4.90 Å². The van der Waals surface area contributed by atoms with Gasteiger partial charge in [-0.1, -0.05) is 41.4 Å². The van der Waals surface area contributed by atoms with Crippen LogP contribution in [-0.2, 0) is 0 Å². The van der Waals surface area contributed by atoms with Crippen molar-refractivity contribution >= 4 is 40.5 Å². The third kappa shape index (κ3) is 3.78. The van der Waals surface area contributed by atoms with Crippen molar-refractivity contribution in [1.82, 2.24) is 0 Å². The summed E-state index contributed by atoms with van der Waals surface area (Å²) in [6.45, 7) is 0. The number of nitrogens with zero attached hydrogens (tertiary/aromatic N) is 2. The lowest BCUT2D eigenvalue weighted by molar-refractivity contribution is 1.13. The van der Waals surface area contributed by atoms with Crippen molar-refractivity contribution in [2.24, 2.45) is 0 Å². The molecule has 0 amide bonds. The highest BCUT2D eigenvalue weighted by Crippen LogP contribution is 2.27. The van der Waals surface area contributed by atoms with E-state index >= 15 is 0 Å². The second-order valence-electron chi connectivity index (χ2n) is 4.78. The first kappa shape index (κ1) is 15.4. The smallest absolute Gasteiger partial charge is 0.0998 e. The molecule has 0 aliphatic rings. The Morgan fingerprint density at radius 3 is 2.24 bits per heavy atom. The van der Waals surface area contributed by atoms with E-state index in [1.54, 1.807) is 18.2 Å². The van der Waals surface area contributed by atoms with Crippen LogP contribution in [-0.4, -0.2) is 14.1 Å². The van der Waals surface area contributed by atoms with E-state index in [0.717, 1.165) is 16.8 Å². The number of rotatable bonds is 3. The summed E-state index contributed by atoms with van der Waals surface area (Å²) >= 11 is 11.9. The van der Waals surface area contributed by atoms with Gasteiger partial charge in [0.2, 0.25) is 0 Å². The second-order valence-corrected chi connectivity index (χ2v) is 5.60. The number of hydrogen-bond donors (Lipinski definition) is 0. The number of hydrogen-bond acceptors (Lipinski definition) is 2. The lowest BCUT2D eigenvalue weighted by atomic mass is 10.0. The van der Waals surface area contributed by atoms with E-state index in [1.165, 1.54) is 0 Å². The summed E-state index contributed by atoms with van der Waals surface area (Å²) in [5.74, 6) is 0. The average molecular weight is 317 g/mol. The molecule has 0 fully saturated rings. The Bertz CT molecular complexity index is 711. The summed E-state index contributed by atoms with van der Waals surface area (Å²) in [4.78, 5) is 2.03. The molecular formula is C17H14Cl2N2. The third-order valence-corrected chi connectivity index (χ3v) is 3.81. The highest BCUT2D eigenvalue weighted by Gasteiger charge is 2.05. The van der Waals surface area contributed by atoms with Crippen LogP contribution >= 0.6 is 23.2 Å². The fraction of sp³-hybridized carbons (Fsp3) is 0.118. The molecule has 0 unspecified atom stereocenters. The van der Waals surface area contributed by atoms with Crippen molar-refractivity contribution in [3.63, 3.8) is 0 Å². The van der Waals surface area contributed by atoms with Gasteiger partial charge in [-0.25, -0.2) is 0 Å². The maximum absolute atomic E-state index is 9.34. The summed E-state index contributed by atoms with van der Waals surface area (Å²) in [6, 6.07) is 15.4.